The second-order valence-electron chi connectivity index (χ2n) is 3.70. The predicted octanol–water partition coefficient (Wildman–Crippen LogP) is 3.28. The molecule has 20 heavy (non-hydrogen) atoms. The normalized spacial score (nSPS) is 12.8. The fourth-order valence-electron chi connectivity index (χ4n) is 1.46. The fourth-order valence-corrected chi connectivity index (χ4v) is 3.15. The minimum absolute atomic E-state index is 0.130. The lowest BCUT2D eigenvalue weighted by atomic mass is 10.2. The van der Waals surface area contributed by atoms with Gasteiger partial charge in [-0.2, -0.15) is 21.6 Å². The molecule has 1 N–H and O–H groups in total. The van der Waals surface area contributed by atoms with E-state index < -0.39 is 28.0 Å². The quantitative estimate of drug-likeness (QED) is 0.684. The molecule has 0 saturated carbocycles. The predicted molar refractivity (Wildman–Crippen MR) is 68.4 cm³/mol. The molecule has 10 heteroatoms. The van der Waals surface area contributed by atoms with Crippen molar-refractivity contribution in [2.24, 2.45) is 0 Å². The van der Waals surface area contributed by atoms with Gasteiger partial charge in [0.2, 0.25) is 0 Å². The third-order valence-corrected chi connectivity index (χ3v) is 4.47. The van der Waals surface area contributed by atoms with Crippen molar-refractivity contribution in [3.63, 3.8) is 0 Å². The number of rotatable bonds is 3. The van der Waals surface area contributed by atoms with Gasteiger partial charge in [-0.15, -0.1) is 11.3 Å². The summed E-state index contributed by atoms with van der Waals surface area (Å²) >= 11 is 6.77. The van der Waals surface area contributed by atoms with Gasteiger partial charge in [0.1, 0.15) is 0 Å². The van der Waals surface area contributed by atoms with E-state index in [1.165, 1.54) is 12.1 Å². The minimum atomic E-state index is -5.78. The first-order valence-electron chi connectivity index (χ1n) is 4.97. The highest BCUT2D eigenvalue weighted by Crippen LogP contribution is 2.38. The van der Waals surface area contributed by atoms with Gasteiger partial charge in [0, 0.05) is 10.1 Å². The Labute approximate surface area is 120 Å². The van der Waals surface area contributed by atoms with Crippen LogP contribution in [-0.2, 0) is 16.7 Å². The van der Waals surface area contributed by atoms with Gasteiger partial charge in [-0.3, -0.25) is 0 Å². The Balaban J connectivity index is 2.59. The molecular formula is C10H6ClF3O4S2. The number of halogens is 4. The first-order chi connectivity index (χ1) is 9.14. The molecule has 0 atom stereocenters. The fraction of sp³-hybridized carbons (Fsp3) is 0.200. The van der Waals surface area contributed by atoms with E-state index in [2.05, 4.69) is 4.18 Å². The van der Waals surface area contributed by atoms with Crippen LogP contribution in [0.5, 0.6) is 5.75 Å². The third-order valence-electron chi connectivity index (χ3n) is 2.29. The van der Waals surface area contributed by atoms with E-state index in [9.17, 15) is 21.6 Å². The van der Waals surface area contributed by atoms with E-state index in [-0.39, 0.29) is 15.3 Å². The summed E-state index contributed by atoms with van der Waals surface area (Å²) in [6, 6.07) is 3.80. The zero-order valence-electron chi connectivity index (χ0n) is 9.44. The van der Waals surface area contributed by atoms with Crippen molar-refractivity contribution < 1.29 is 30.9 Å². The van der Waals surface area contributed by atoms with Crippen LogP contribution in [0.3, 0.4) is 0 Å². The zero-order valence-corrected chi connectivity index (χ0v) is 11.8. The summed E-state index contributed by atoms with van der Waals surface area (Å²) in [5.41, 5.74) is -5.32. The number of fused-ring (bicyclic) bond motifs is 1. The monoisotopic (exact) mass is 346 g/mol. The van der Waals surface area contributed by atoms with Crippen LogP contribution in [0.25, 0.3) is 10.1 Å². The van der Waals surface area contributed by atoms with Crippen LogP contribution in [0.15, 0.2) is 18.2 Å². The van der Waals surface area contributed by atoms with E-state index in [0.717, 1.165) is 17.4 Å². The summed E-state index contributed by atoms with van der Waals surface area (Å²) in [7, 11) is -5.78. The molecule has 4 nitrogen and oxygen atoms in total. The maximum atomic E-state index is 12.3. The molecule has 0 bridgehead atoms. The molecule has 0 amide bonds. The van der Waals surface area contributed by atoms with Crippen LogP contribution in [0, 0.1) is 0 Å². The van der Waals surface area contributed by atoms with Gasteiger partial charge < -0.3 is 9.29 Å². The van der Waals surface area contributed by atoms with E-state index in [0.29, 0.717) is 4.70 Å². The molecule has 2 rings (SSSR count). The first-order valence-corrected chi connectivity index (χ1v) is 7.58. The van der Waals surface area contributed by atoms with Crippen LogP contribution in [0.2, 0.25) is 4.34 Å². The van der Waals surface area contributed by atoms with Crippen molar-refractivity contribution in [2.75, 3.05) is 0 Å². The topological polar surface area (TPSA) is 63.6 Å². The van der Waals surface area contributed by atoms with Crippen molar-refractivity contribution >= 4 is 43.1 Å². The largest absolute Gasteiger partial charge is 0.534 e. The number of hydrogen-bond donors (Lipinski definition) is 1. The van der Waals surface area contributed by atoms with Crippen LogP contribution in [0.4, 0.5) is 13.2 Å². The van der Waals surface area contributed by atoms with E-state index in [4.69, 9.17) is 16.7 Å². The maximum Gasteiger partial charge on any atom is 0.534 e. The maximum absolute atomic E-state index is 12.3. The SMILES string of the molecule is O=S(=O)(Oc1cc(CO)cc2sc(Cl)cc12)C(F)(F)F. The standard InChI is InChI=1S/C10H6ClF3O4S2/c11-9-3-6-7(18-20(16,17)10(12,13)14)1-5(4-15)2-8(6)19-9/h1-3,15H,4H2. The summed E-state index contributed by atoms with van der Waals surface area (Å²) in [4.78, 5) is 0. The molecule has 0 unspecified atom stereocenters. The van der Waals surface area contributed by atoms with Crippen LogP contribution < -0.4 is 4.18 Å². The van der Waals surface area contributed by atoms with Gasteiger partial charge in [0.15, 0.2) is 5.75 Å². The van der Waals surface area contributed by atoms with Gasteiger partial charge in [0.25, 0.3) is 0 Å². The Bertz CT molecular complexity index is 752. The molecule has 0 aliphatic rings. The van der Waals surface area contributed by atoms with E-state index in [1.807, 2.05) is 0 Å². The Hall–Kier alpha value is -1.03. The highest BCUT2D eigenvalue weighted by molar-refractivity contribution is 7.88. The average molecular weight is 347 g/mol. The number of alkyl halides is 3. The summed E-state index contributed by atoms with van der Waals surface area (Å²) in [6.45, 7) is -0.478. The lowest BCUT2D eigenvalue weighted by Crippen LogP contribution is -2.28. The van der Waals surface area contributed by atoms with E-state index >= 15 is 0 Å². The summed E-state index contributed by atoms with van der Waals surface area (Å²) in [5, 5.41) is 9.16. The van der Waals surface area contributed by atoms with Crippen LogP contribution in [0.1, 0.15) is 5.56 Å². The summed E-state index contributed by atoms with van der Waals surface area (Å²) < 4.78 is 63.8. The van der Waals surface area contributed by atoms with Gasteiger partial charge in [-0.05, 0) is 23.8 Å². The Morgan fingerprint density at radius 1 is 1.30 bits per heavy atom. The van der Waals surface area contributed by atoms with Crippen LogP contribution in [-0.4, -0.2) is 19.0 Å². The Morgan fingerprint density at radius 3 is 2.50 bits per heavy atom. The Morgan fingerprint density at radius 2 is 1.95 bits per heavy atom. The molecule has 110 valence electrons. The van der Waals surface area contributed by atoms with Crippen LogP contribution >= 0.6 is 22.9 Å². The molecule has 0 aliphatic heterocycles. The van der Waals surface area contributed by atoms with Crippen molar-refractivity contribution in [3.05, 3.63) is 28.1 Å². The summed E-state index contributed by atoms with van der Waals surface area (Å²) in [6.07, 6.45) is 0. The molecular weight excluding hydrogens is 341 g/mol. The molecule has 0 spiro atoms. The number of aliphatic hydroxyl groups excluding tert-OH is 1. The zero-order chi connectivity index (χ0) is 15.1. The molecule has 0 aliphatic carbocycles. The molecule has 1 aromatic heterocycles. The van der Waals surface area contributed by atoms with Crippen molar-refractivity contribution in [3.8, 4) is 5.75 Å². The van der Waals surface area contributed by atoms with Gasteiger partial charge in [0.05, 0.1) is 10.9 Å². The molecule has 2 aromatic rings. The number of aliphatic hydroxyl groups is 1. The minimum Gasteiger partial charge on any atom is -0.392 e. The lowest BCUT2D eigenvalue weighted by Gasteiger charge is -2.11. The molecule has 1 aromatic carbocycles. The lowest BCUT2D eigenvalue weighted by molar-refractivity contribution is -0.0499. The van der Waals surface area contributed by atoms with Gasteiger partial charge in [-0.25, -0.2) is 0 Å². The average Bonchev–Trinajstić information content (AvgIpc) is 2.67. The van der Waals surface area contributed by atoms with Crippen molar-refractivity contribution in [1.29, 1.82) is 0 Å². The van der Waals surface area contributed by atoms with Gasteiger partial charge in [-0.1, -0.05) is 11.6 Å². The highest BCUT2D eigenvalue weighted by atomic mass is 35.5. The third kappa shape index (κ3) is 2.85. The van der Waals surface area contributed by atoms with Crippen molar-refractivity contribution in [2.45, 2.75) is 12.1 Å². The summed E-state index contributed by atoms with van der Waals surface area (Å²) in [5.74, 6) is -0.521. The van der Waals surface area contributed by atoms with Crippen molar-refractivity contribution in [1.82, 2.24) is 0 Å². The van der Waals surface area contributed by atoms with E-state index in [1.54, 1.807) is 0 Å². The Kier molecular flexibility index (Phi) is 3.89. The first kappa shape index (κ1) is 15.4. The number of thiophene rings is 1. The highest BCUT2D eigenvalue weighted by Gasteiger charge is 2.48. The molecule has 0 fully saturated rings. The number of benzene rings is 1. The smallest absolute Gasteiger partial charge is 0.392 e. The molecule has 0 radical (unpaired) electrons. The second-order valence-corrected chi connectivity index (χ2v) is 6.95. The molecule has 0 saturated heterocycles. The second kappa shape index (κ2) is 5.06. The molecule has 1 heterocycles. The number of hydrogen-bond acceptors (Lipinski definition) is 5. The van der Waals surface area contributed by atoms with Gasteiger partial charge >= 0.3 is 15.6 Å².